The van der Waals surface area contributed by atoms with E-state index in [9.17, 15) is 4.79 Å². The van der Waals surface area contributed by atoms with Crippen molar-refractivity contribution < 1.29 is 4.74 Å². The topological polar surface area (TPSA) is 69.4 Å². The van der Waals surface area contributed by atoms with E-state index in [0.29, 0.717) is 21.9 Å². The maximum Gasteiger partial charge on any atom is 0.291 e. The average molecular weight is 364 g/mol. The molecule has 0 aliphatic rings. The van der Waals surface area contributed by atoms with Gasteiger partial charge in [0.1, 0.15) is 5.75 Å². The Morgan fingerprint density at radius 1 is 1.23 bits per heavy atom. The van der Waals surface area contributed by atoms with Crippen molar-refractivity contribution in [3.05, 3.63) is 69.2 Å². The number of nitrogens with zero attached hydrogens (tertiary/aromatic N) is 4. The molecule has 0 bridgehead atoms. The van der Waals surface area contributed by atoms with Crippen molar-refractivity contribution in [2.45, 2.75) is 13.3 Å². The summed E-state index contributed by atoms with van der Waals surface area (Å²) in [5, 5.41) is 4.32. The molecule has 0 N–H and O–H groups in total. The van der Waals surface area contributed by atoms with Crippen LogP contribution >= 0.6 is 11.3 Å². The Labute approximate surface area is 153 Å². The van der Waals surface area contributed by atoms with E-state index in [1.807, 2.05) is 42.5 Å². The van der Waals surface area contributed by atoms with Crippen molar-refractivity contribution in [1.82, 2.24) is 19.6 Å². The fraction of sp³-hybridized carbons (Fsp3) is 0.158. The lowest BCUT2D eigenvalue weighted by atomic mass is 10.2. The molecule has 0 amide bonds. The second kappa shape index (κ2) is 7.05. The zero-order valence-electron chi connectivity index (χ0n) is 14.1. The summed E-state index contributed by atoms with van der Waals surface area (Å²) in [6.45, 7) is 2.76. The van der Waals surface area contributed by atoms with Crippen LogP contribution in [0, 0.1) is 0 Å². The molecule has 0 saturated carbocycles. The molecule has 0 saturated heterocycles. The van der Waals surface area contributed by atoms with Crippen molar-refractivity contribution in [3.63, 3.8) is 0 Å². The first-order valence-corrected chi connectivity index (χ1v) is 9.11. The summed E-state index contributed by atoms with van der Waals surface area (Å²) in [7, 11) is 0. The molecule has 3 aromatic heterocycles. The van der Waals surface area contributed by atoms with Gasteiger partial charge in [0.2, 0.25) is 4.96 Å². The predicted octanol–water partition coefficient (Wildman–Crippen LogP) is 2.55. The summed E-state index contributed by atoms with van der Waals surface area (Å²) in [5.74, 6) is 1.33. The van der Waals surface area contributed by atoms with E-state index < -0.39 is 0 Å². The number of pyridine rings is 1. The van der Waals surface area contributed by atoms with Gasteiger partial charge in [-0.3, -0.25) is 9.78 Å². The lowest BCUT2D eigenvalue weighted by Gasteiger charge is -2.03. The number of rotatable bonds is 5. The third-order valence-electron chi connectivity index (χ3n) is 3.75. The second-order valence-electron chi connectivity index (χ2n) is 5.70. The maximum atomic E-state index is 12.6. The molecule has 4 rings (SSSR count). The molecule has 0 fully saturated rings. The number of benzene rings is 1. The summed E-state index contributed by atoms with van der Waals surface area (Å²) in [6.07, 6.45) is 6.18. The first-order chi connectivity index (χ1) is 12.7. The smallest absolute Gasteiger partial charge is 0.291 e. The lowest BCUT2D eigenvalue weighted by molar-refractivity contribution is 0.317. The standard InChI is InChI=1S/C19H16N4O2S/c1-2-10-25-15-7-5-13(6-8-15)11-16-18(24)23-19(26-16)21-17(22-23)14-4-3-9-20-12-14/h3-9,11-12H,2,10H2,1H3. The molecular formula is C19H16N4O2S. The van der Waals surface area contributed by atoms with Crippen LogP contribution in [0.3, 0.4) is 0 Å². The molecule has 7 heteroatoms. The maximum absolute atomic E-state index is 12.6. The third kappa shape index (κ3) is 3.21. The molecule has 3 heterocycles. The van der Waals surface area contributed by atoms with Gasteiger partial charge in [-0.05, 0) is 42.3 Å². The largest absolute Gasteiger partial charge is 0.494 e. The van der Waals surface area contributed by atoms with Crippen LogP contribution in [0.1, 0.15) is 18.9 Å². The molecular weight excluding hydrogens is 348 g/mol. The van der Waals surface area contributed by atoms with Crippen LogP contribution in [-0.4, -0.2) is 26.2 Å². The minimum absolute atomic E-state index is 0.168. The number of fused-ring (bicyclic) bond motifs is 1. The highest BCUT2D eigenvalue weighted by Gasteiger charge is 2.11. The average Bonchev–Trinajstić information content (AvgIpc) is 3.22. The van der Waals surface area contributed by atoms with Gasteiger partial charge >= 0.3 is 0 Å². The zero-order chi connectivity index (χ0) is 17.9. The zero-order valence-corrected chi connectivity index (χ0v) is 14.9. The highest BCUT2D eigenvalue weighted by atomic mass is 32.1. The van der Waals surface area contributed by atoms with Gasteiger partial charge < -0.3 is 4.74 Å². The van der Waals surface area contributed by atoms with E-state index in [0.717, 1.165) is 23.3 Å². The van der Waals surface area contributed by atoms with Gasteiger partial charge in [0.15, 0.2) is 5.82 Å². The SMILES string of the molecule is CCCOc1ccc(C=c2sc3nc(-c4cccnc4)nn3c2=O)cc1. The van der Waals surface area contributed by atoms with Crippen LogP contribution in [-0.2, 0) is 0 Å². The van der Waals surface area contributed by atoms with E-state index in [1.165, 1.54) is 15.9 Å². The highest BCUT2D eigenvalue weighted by Crippen LogP contribution is 2.15. The Morgan fingerprint density at radius 3 is 2.77 bits per heavy atom. The summed E-state index contributed by atoms with van der Waals surface area (Å²) in [6, 6.07) is 11.4. The Bertz CT molecular complexity index is 1130. The monoisotopic (exact) mass is 364 g/mol. The number of ether oxygens (including phenoxy) is 1. The molecule has 0 unspecified atom stereocenters. The van der Waals surface area contributed by atoms with Crippen molar-refractivity contribution in [2.75, 3.05) is 6.61 Å². The van der Waals surface area contributed by atoms with E-state index in [1.54, 1.807) is 12.4 Å². The fourth-order valence-electron chi connectivity index (χ4n) is 2.48. The van der Waals surface area contributed by atoms with E-state index in [-0.39, 0.29) is 5.56 Å². The van der Waals surface area contributed by atoms with Gasteiger partial charge in [-0.2, -0.15) is 9.50 Å². The van der Waals surface area contributed by atoms with Crippen LogP contribution < -0.4 is 14.8 Å². The van der Waals surface area contributed by atoms with Crippen LogP contribution in [0.15, 0.2) is 53.6 Å². The molecule has 0 aliphatic carbocycles. The molecule has 0 radical (unpaired) electrons. The van der Waals surface area contributed by atoms with Crippen LogP contribution in [0.25, 0.3) is 22.4 Å². The van der Waals surface area contributed by atoms with Gasteiger partial charge in [-0.15, -0.1) is 5.10 Å². The quantitative estimate of drug-likeness (QED) is 0.544. The number of aromatic nitrogens is 4. The van der Waals surface area contributed by atoms with Gasteiger partial charge in [-0.1, -0.05) is 30.4 Å². The lowest BCUT2D eigenvalue weighted by Crippen LogP contribution is -2.23. The Kier molecular flexibility index (Phi) is 4.45. The van der Waals surface area contributed by atoms with Crippen LogP contribution in [0.5, 0.6) is 5.75 Å². The highest BCUT2D eigenvalue weighted by molar-refractivity contribution is 7.15. The van der Waals surface area contributed by atoms with E-state index >= 15 is 0 Å². The van der Waals surface area contributed by atoms with Crippen molar-refractivity contribution >= 4 is 22.4 Å². The first kappa shape index (κ1) is 16.4. The van der Waals surface area contributed by atoms with Gasteiger partial charge in [0, 0.05) is 18.0 Å². The summed E-state index contributed by atoms with van der Waals surface area (Å²) < 4.78 is 7.51. The van der Waals surface area contributed by atoms with Gasteiger partial charge in [0.05, 0.1) is 11.1 Å². The Morgan fingerprint density at radius 2 is 2.08 bits per heavy atom. The minimum Gasteiger partial charge on any atom is -0.494 e. The molecule has 6 nitrogen and oxygen atoms in total. The Hall–Kier alpha value is -3.06. The van der Waals surface area contributed by atoms with Crippen molar-refractivity contribution in [2.24, 2.45) is 0 Å². The fourth-order valence-corrected chi connectivity index (χ4v) is 3.39. The molecule has 26 heavy (non-hydrogen) atoms. The summed E-state index contributed by atoms with van der Waals surface area (Å²) in [4.78, 5) is 21.7. The molecule has 130 valence electrons. The van der Waals surface area contributed by atoms with Crippen LogP contribution in [0.2, 0.25) is 0 Å². The summed E-state index contributed by atoms with van der Waals surface area (Å²) in [5.41, 5.74) is 1.55. The summed E-state index contributed by atoms with van der Waals surface area (Å²) >= 11 is 1.32. The predicted molar refractivity (Wildman–Crippen MR) is 101 cm³/mol. The van der Waals surface area contributed by atoms with Crippen molar-refractivity contribution in [3.8, 4) is 17.1 Å². The molecule has 1 aromatic carbocycles. The Balaban J connectivity index is 1.67. The molecule has 4 aromatic rings. The number of hydrogen-bond acceptors (Lipinski definition) is 6. The molecule has 0 aliphatic heterocycles. The minimum atomic E-state index is -0.168. The first-order valence-electron chi connectivity index (χ1n) is 8.29. The third-order valence-corrected chi connectivity index (χ3v) is 4.71. The van der Waals surface area contributed by atoms with Crippen molar-refractivity contribution in [1.29, 1.82) is 0 Å². The van der Waals surface area contributed by atoms with Crippen LogP contribution in [0.4, 0.5) is 0 Å². The number of thiazole rings is 1. The molecule has 0 spiro atoms. The normalized spacial score (nSPS) is 12.0. The second-order valence-corrected chi connectivity index (χ2v) is 6.71. The molecule has 0 atom stereocenters. The van der Waals surface area contributed by atoms with E-state index in [4.69, 9.17) is 4.74 Å². The van der Waals surface area contributed by atoms with Gasteiger partial charge in [-0.25, -0.2) is 0 Å². The van der Waals surface area contributed by atoms with E-state index in [2.05, 4.69) is 22.0 Å². The number of hydrogen-bond donors (Lipinski definition) is 0. The van der Waals surface area contributed by atoms with Gasteiger partial charge in [0.25, 0.3) is 5.56 Å².